The van der Waals surface area contributed by atoms with E-state index in [0.29, 0.717) is 15.9 Å². The Labute approximate surface area is 92.5 Å². The van der Waals surface area contributed by atoms with E-state index >= 15 is 0 Å². The Balaban J connectivity index is 2.86. The summed E-state index contributed by atoms with van der Waals surface area (Å²) in [6, 6.07) is 5.50. The zero-order chi connectivity index (χ0) is 9.42. The molecule has 0 saturated carbocycles. The molecule has 0 radical (unpaired) electrons. The molecule has 13 heavy (non-hydrogen) atoms. The molecule has 68 valence electrons. The standard InChI is InChI=1S/C9H5BrClFS/c10-4-6-5-2-1-3-7(11)8(5)13-9(6)12/h1-3H,4H2. The summed E-state index contributed by atoms with van der Waals surface area (Å²) in [5, 5.41) is 1.90. The lowest BCUT2D eigenvalue weighted by Crippen LogP contribution is -1.76. The zero-order valence-electron chi connectivity index (χ0n) is 6.48. The molecule has 4 heteroatoms. The van der Waals surface area contributed by atoms with Crippen molar-refractivity contribution in [3.8, 4) is 0 Å². The van der Waals surface area contributed by atoms with Crippen molar-refractivity contribution in [1.29, 1.82) is 0 Å². The highest BCUT2D eigenvalue weighted by Crippen LogP contribution is 2.35. The number of alkyl halides is 1. The van der Waals surface area contributed by atoms with Crippen LogP contribution in [0.1, 0.15) is 5.56 Å². The molecule has 0 bridgehead atoms. The van der Waals surface area contributed by atoms with Crippen LogP contribution in [0.3, 0.4) is 0 Å². The lowest BCUT2D eigenvalue weighted by atomic mass is 10.2. The number of thiophene rings is 1. The van der Waals surface area contributed by atoms with Crippen LogP contribution in [0, 0.1) is 5.13 Å². The molecule has 1 aromatic heterocycles. The normalized spacial score (nSPS) is 11.0. The number of halogens is 3. The summed E-state index contributed by atoms with van der Waals surface area (Å²) in [5.74, 6) is 0. The molecule has 0 atom stereocenters. The monoisotopic (exact) mass is 278 g/mol. The van der Waals surface area contributed by atoms with Crippen LogP contribution in [-0.4, -0.2) is 0 Å². The molecule has 0 spiro atoms. The molecule has 1 heterocycles. The maximum atomic E-state index is 13.3. The highest BCUT2D eigenvalue weighted by Gasteiger charge is 2.12. The minimum Gasteiger partial charge on any atom is -0.195 e. The fourth-order valence-electron chi connectivity index (χ4n) is 1.23. The van der Waals surface area contributed by atoms with Gasteiger partial charge in [-0.15, -0.1) is 11.3 Å². The average molecular weight is 280 g/mol. The molecule has 2 aromatic rings. The van der Waals surface area contributed by atoms with Gasteiger partial charge in [0.2, 0.25) is 0 Å². The van der Waals surface area contributed by atoms with E-state index in [9.17, 15) is 4.39 Å². The van der Waals surface area contributed by atoms with Crippen LogP contribution >= 0.6 is 38.9 Å². The third-order valence-electron chi connectivity index (χ3n) is 1.85. The van der Waals surface area contributed by atoms with Crippen LogP contribution < -0.4 is 0 Å². The quantitative estimate of drug-likeness (QED) is 0.670. The summed E-state index contributed by atoms with van der Waals surface area (Å²) < 4.78 is 14.1. The van der Waals surface area contributed by atoms with Gasteiger partial charge in [-0.25, -0.2) is 0 Å². The van der Waals surface area contributed by atoms with E-state index in [0.717, 1.165) is 21.4 Å². The molecule has 0 aliphatic rings. The van der Waals surface area contributed by atoms with E-state index in [-0.39, 0.29) is 5.13 Å². The van der Waals surface area contributed by atoms with Crippen molar-refractivity contribution in [2.75, 3.05) is 0 Å². The maximum Gasteiger partial charge on any atom is 0.181 e. The van der Waals surface area contributed by atoms with Gasteiger partial charge in [0.15, 0.2) is 5.13 Å². The number of benzene rings is 1. The molecule has 0 amide bonds. The Morgan fingerprint density at radius 1 is 1.46 bits per heavy atom. The van der Waals surface area contributed by atoms with Crippen LogP contribution in [0.15, 0.2) is 18.2 Å². The van der Waals surface area contributed by atoms with Crippen molar-refractivity contribution >= 4 is 49.0 Å². The molecular weight excluding hydrogens is 275 g/mol. The van der Waals surface area contributed by atoms with Crippen LogP contribution in [-0.2, 0) is 5.33 Å². The Kier molecular flexibility index (Phi) is 2.58. The van der Waals surface area contributed by atoms with Gasteiger partial charge in [-0.1, -0.05) is 39.7 Å². The Bertz CT molecular complexity index is 452. The lowest BCUT2D eigenvalue weighted by molar-refractivity contribution is 0.649. The summed E-state index contributed by atoms with van der Waals surface area (Å²) in [5.41, 5.74) is 0.697. The van der Waals surface area contributed by atoms with Gasteiger partial charge in [0, 0.05) is 16.3 Å². The van der Waals surface area contributed by atoms with Crippen molar-refractivity contribution in [3.05, 3.63) is 33.9 Å². The van der Waals surface area contributed by atoms with Crippen LogP contribution in [0.25, 0.3) is 10.1 Å². The summed E-state index contributed by atoms with van der Waals surface area (Å²) in [6.45, 7) is 0. The molecule has 1 aromatic carbocycles. The summed E-state index contributed by atoms with van der Waals surface area (Å²) in [4.78, 5) is 0. The van der Waals surface area contributed by atoms with E-state index in [1.165, 1.54) is 0 Å². The summed E-state index contributed by atoms with van der Waals surface area (Å²) in [7, 11) is 0. The second-order valence-corrected chi connectivity index (χ2v) is 4.54. The number of hydrogen-bond donors (Lipinski definition) is 0. The van der Waals surface area contributed by atoms with Gasteiger partial charge < -0.3 is 0 Å². The molecule has 0 N–H and O–H groups in total. The van der Waals surface area contributed by atoms with Crippen LogP contribution in [0.5, 0.6) is 0 Å². The lowest BCUT2D eigenvalue weighted by Gasteiger charge is -1.93. The molecule has 0 aliphatic carbocycles. The minimum atomic E-state index is -0.153. The van der Waals surface area contributed by atoms with E-state index in [1.807, 2.05) is 12.1 Å². The smallest absolute Gasteiger partial charge is 0.181 e. The Hall–Kier alpha value is -0.120. The molecule has 0 unspecified atom stereocenters. The van der Waals surface area contributed by atoms with Crippen molar-refractivity contribution in [2.45, 2.75) is 5.33 Å². The predicted molar refractivity (Wildman–Crippen MR) is 59.4 cm³/mol. The summed E-state index contributed by atoms with van der Waals surface area (Å²) in [6.07, 6.45) is 0. The van der Waals surface area contributed by atoms with E-state index < -0.39 is 0 Å². The van der Waals surface area contributed by atoms with Crippen molar-refractivity contribution < 1.29 is 4.39 Å². The van der Waals surface area contributed by atoms with Gasteiger partial charge in [0.1, 0.15) is 0 Å². The first-order valence-corrected chi connectivity index (χ1v) is 5.97. The van der Waals surface area contributed by atoms with Crippen molar-refractivity contribution in [2.24, 2.45) is 0 Å². The Morgan fingerprint density at radius 2 is 2.23 bits per heavy atom. The van der Waals surface area contributed by atoms with Gasteiger partial charge in [0.25, 0.3) is 0 Å². The zero-order valence-corrected chi connectivity index (χ0v) is 9.64. The third kappa shape index (κ3) is 1.49. The highest BCUT2D eigenvalue weighted by atomic mass is 79.9. The topological polar surface area (TPSA) is 0 Å². The first kappa shape index (κ1) is 9.44. The van der Waals surface area contributed by atoms with Gasteiger partial charge in [-0.2, -0.15) is 4.39 Å². The number of rotatable bonds is 1. The molecule has 0 nitrogen and oxygen atoms in total. The molecule has 0 fully saturated rings. The minimum absolute atomic E-state index is 0.153. The van der Waals surface area contributed by atoms with Crippen molar-refractivity contribution in [1.82, 2.24) is 0 Å². The maximum absolute atomic E-state index is 13.3. The first-order chi connectivity index (χ1) is 6.24. The SMILES string of the molecule is Fc1sc2c(Cl)cccc2c1CBr. The second-order valence-electron chi connectivity index (χ2n) is 2.60. The number of fused-ring (bicyclic) bond motifs is 1. The Morgan fingerprint density at radius 3 is 2.92 bits per heavy atom. The molecule has 0 saturated heterocycles. The first-order valence-electron chi connectivity index (χ1n) is 3.65. The van der Waals surface area contributed by atoms with Crippen LogP contribution in [0.4, 0.5) is 4.39 Å². The fraction of sp³-hybridized carbons (Fsp3) is 0.111. The largest absolute Gasteiger partial charge is 0.195 e. The van der Waals surface area contributed by atoms with Gasteiger partial charge in [-0.3, -0.25) is 0 Å². The molecule has 0 aliphatic heterocycles. The van der Waals surface area contributed by atoms with Crippen molar-refractivity contribution in [3.63, 3.8) is 0 Å². The number of hydrogen-bond acceptors (Lipinski definition) is 1. The van der Waals surface area contributed by atoms with E-state index in [1.54, 1.807) is 6.07 Å². The molecular formula is C9H5BrClFS. The second kappa shape index (κ2) is 3.56. The average Bonchev–Trinajstić information content (AvgIpc) is 2.43. The van der Waals surface area contributed by atoms with Gasteiger partial charge in [-0.05, 0) is 6.07 Å². The van der Waals surface area contributed by atoms with E-state index in [4.69, 9.17) is 11.6 Å². The van der Waals surface area contributed by atoms with Gasteiger partial charge in [0.05, 0.1) is 9.72 Å². The molecule has 2 rings (SSSR count). The third-order valence-corrected chi connectivity index (χ3v) is 3.91. The van der Waals surface area contributed by atoms with E-state index in [2.05, 4.69) is 15.9 Å². The van der Waals surface area contributed by atoms with Gasteiger partial charge >= 0.3 is 0 Å². The van der Waals surface area contributed by atoms with Crippen LogP contribution in [0.2, 0.25) is 5.02 Å². The highest BCUT2D eigenvalue weighted by molar-refractivity contribution is 9.08. The fourth-order valence-corrected chi connectivity index (χ4v) is 3.21. The summed E-state index contributed by atoms with van der Waals surface area (Å²) >= 11 is 10.3. The predicted octanol–water partition coefficient (Wildman–Crippen LogP) is 4.59.